The third-order valence-corrected chi connectivity index (χ3v) is 7.20. The predicted molar refractivity (Wildman–Crippen MR) is 155 cm³/mol. The molecule has 0 aromatic heterocycles. The summed E-state index contributed by atoms with van der Waals surface area (Å²) in [4.78, 5) is 0. The first-order valence-corrected chi connectivity index (χ1v) is 13.3. The van der Waals surface area contributed by atoms with E-state index in [-0.39, 0.29) is 0 Å². The van der Waals surface area contributed by atoms with Crippen molar-refractivity contribution >= 4 is 0 Å². The number of hydrogen-bond donors (Lipinski definition) is 0. The lowest BCUT2D eigenvalue weighted by atomic mass is 9.90. The Bertz CT molecular complexity index is 1340. The molecule has 0 fully saturated rings. The van der Waals surface area contributed by atoms with Crippen LogP contribution >= 0.6 is 0 Å². The maximum atomic E-state index is 2.41. The summed E-state index contributed by atoms with van der Waals surface area (Å²) >= 11 is 0. The van der Waals surface area contributed by atoms with E-state index in [0.717, 1.165) is 37.0 Å². The van der Waals surface area contributed by atoms with E-state index in [9.17, 15) is 0 Å². The van der Waals surface area contributed by atoms with Gasteiger partial charge in [0.1, 0.15) is 19.6 Å². The number of quaternary nitrogens is 1. The molecular formula is C36H36N+. The highest BCUT2D eigenvalue weighted by atomic mass is 15.3. The maximum Gasteiger partial charge on any atom is 0.105 e. The molecule has 0 aliphatic rings. The summed E-state index contributed by atoms with van der Waals surface area (Å²) in [6, 6.07) is 50.6. The summed E-state index contributed by atoms with van der Waals surface area (Å²) in [6.07, 6.45) is 1.91. The van der Waals surface area contributed by atoms with Crippen LogP contribution in [0.1, 0.15) is 38.9 Å². The molecule has 5 aromatic carbocycles. The monoisotopic (exact) mass is 482 g/mol. The van der Waals surface area contributed by atoms with E-state index in [4.69, 9.17) is 0 Å². The highest BCUT2D eigenvalue weighted by molar-refractivity contribution is 5.41. The number of rotatable bonds is 10. The summed E-state index contributed by atoms with van der Waals surface area (Å²) in [5.74, 6) is 0. The first-order chi connectivity index (χ1) is 18.2. The highest BCUT2D eigenvalue weighted by Gasteiger charge is 2.26. The highest BCUT2D eigenvalue weighted by Crippen LogP contribution is 2.28. The van der Waals surface area contributed by atoms with E-state index in [1.54, 1.807) is 0 Å². The topological polar surface area (TPSA) is 0 Å². The predicted octanol–water partition coefficient (Wildman–Crippen LogP) is 8.22. The largest absolute Gasteiger partial charge is 0.315 e. The van der Waals surface area contributed by atoms with Crippen molar-refractivity contribution in [2.24, 2.45) is 0 Å². The van der Waals surface area contributed by atoms with E-state index in [1.165, 1.54) is 38.9 Å². The second-order valence-electron chi connectivity index (χ2n) is 10.4. The van der Waals surface area contributed by atoms with Crippen molar-refractivity contribution in [2.75, 3.05) is 7.05 Å². The molecule has 5 aromatic rings. The fourth-order valence-corrected chi connectivity index (χ4v) is 5.47. The van der Waals surface area contributed by atoms with Gasteiger partial charge in [0.05, 0.1) is 7.05 Å². The molecule has 184 valence electrons. The average Bonchev–Trinajstić information content (AvgIpc) is 2.93. The lowest BCUT2D eigenvalue weighted by molar-refractivity contribution is -0.948. The molecule has 0 aliphatic heterocycles. The Hall–Kier alpha value is -3.94. The molecule has 0 saturated carbocycles. The van der Waals surface area contributed by atoms with Crippen LogP contribution in [0.25, 0.3) is 0 Å². The van der Waals surface area contributed by atoms with Gasteiger partial charge in [0.2, 0.25) is 0 Å². The van der Waals surface area contributed by atoms with Gasteiger partial charge in [-0.05, 0) is 35.1 Å². The molecule has 0 radical (unpaired) electrons. The van der Waals surface area contributed by atoms with Gasteiger partial charge >= 0.3 is 0 Å². The molecule has 0 saturated heterocycles. The van der Waals surface area contributed by atoms with Crippen molar-refractivity contribution in [3.05, 3.63) is 178 Å². The molecule has 0 heterocycles. The third kappa shape index (κ3) is 6.84. The quantitative estimate of drug-likeness (QED) is 0.176. The van der Waals surface area contributed by atoms with Crippen LogP contribution in [0.4, 0.5) is 0 Å². The molecule has 0 aliphatic carbocycles. The molecule has 0 N–H and O–H groups in total. The summed E-state index contributed by atoms with van der Waals surface area (Å²) < 4.78 is 0.921. The molecule has 0 amide bonds. The van der Waals surface area contributed by atoms with Gasteiger partial charge < -0.3 is 4.48 Å². The second-order valence-corrected chi connectivity index (χ2v) is 10.4. The second kappa shape index (κ2) is 11.9. The molecule has 0 unspecified atom stereocenters. The minimum absolute atomic E-state index is 0.921. The van der Waals surface area contributed by atoms with Crippen molar-refractivity contribution in [1.82, 2.24) is 0 Å². The summed E-state index contributed by atoms with van der Waals surface area (Å²) in [6.45, 7) is 2.96. The van der Waals surface area contributed by atoms with Gasteiger partial charge in [-0.1, -0.05) is 140 Å². The minimum atomic E-state index is 0.921. The van der Waals surface area contributed by atoms with E-state index >= 15 is 0 Å². The Morgan fingerprint density at radius 1 is 0.378 bits per heavy atom. The standard InChI is InChI=1S/C36H36N/c1-37(27-32-19-10-4-11-20-32,28-33-21-12-5-13-22-33)29-35-24-14-23-34(25-30-15-6-2-7-16-30)36(35)26-31-17-8-3-9-18-31/h2-24H,25-29H2,1H3/q+1. The molecule has 0 spiro atoms. The molecular weight excluding hydrogens is 446 g/mol. The summed E-state index contributed by atoms with van der Waals surface area (Å²) in [5, 5.41) is 0. The Kier molecular flexibility index (Phi) is 7.93. The summed E-state index contributed by atoms with van der Waals surface area (Å²) in [7, 11) is 2.41. The fraction of sp³-hybridized carbons (Fsp3) is 0.167. The zero-order valence-corrected chi connectivity index (χ0v) is 21.8. The number of nitrogens with zero attached hydrogens (tertiary/aromatic N) is 1. The lowest BCUT2D eigenvalue weighted by Gasteiger charge is -2.36. The van der Waals surface area contributed by atoms with Gasteiger partial charge in [-0.25, -0.2) is 0 Å². The SMILES string of the molecule is C[N+](Cc1ccccc1)(Cc1ccccc1)Cc1cccc(Cc2ccccc2)c1Cc1ccccc1. The van der Waals surface area contributed by atoms with Crippen LogP contribution in [0.2, 0.25) is 0 Å². The summed E-state index contributed by atoms with van der Waals surface area (Å²) in [5.41, 5.74) is 9.84. The normalized spacial score (nSPS) is 11.4. The smallest absolute Gasteiger partial charge is 0.105 e. The van der Waals surface area contributed by atoms with Gasteiger partial charge in [-0.3, -0.25) is 0 Å². The Morgan fingerprint density at radius 3 is 1.27 bits per heavy atom. The molecule has 1 nitrogen and oxygen atoms in total. The van der Waals surface area contributed by atoms with E-state index in [1.807, 2.05) is 0 Å². The van der Waals surface area contributed by atoms with Gasteiger partial charge in [-0.2, -0.15) is 0 Å². The van der Waals surface area contributed by atoms with Crippen molar-refractivity contribution < 1.29 is 4.48 Å². The number of benzene rings is 5. The number of hydrogen-bond acceptors (Lipinski definition) is 0. The zero-order valence-electron chi connectivity index (χ0n) is 21.8. The van der Waals surface area contributed by atoms with Crippen molar-refractivity contribution in [2.45, 2.75) is 32.5 Å². The molecule has 0 atom stereocenters. The van der Waals surface area contributed by atoms with Crippen LogP contribution in [0, 0.1) is 0 Å². The van der Waals surface area contributed by atoms with E-state index < -0.39 is 0 Å². The fourth-order valence-electron chi connectivity index (χ4n) is 5.47. The van der Waals surface area contributed by atoms with Crippen LogP contribution in [0.15, 0.2) is 140 Å². The van der Waals surface area contributed by atoms with Crippen LogP contribution in [-0.4, -0.2) is 11.5 Å². The van der Waals surface area contributed by atoms with E-state index in [2.05, 4.69) is 147 Å². The van der Waals surface area contributed by atoms with Crippen molar-refractivity contribution in [3.8, 4) is 0 Å². The maximum absolute atomic E-state index is 2.41. The first-order valence-electron chi connectivity index (χ1n) is 13.3. The van der Waals surface area contributed by atoms with Crippen LogP contribution in [0.5, 0.6) is 0 Å². The van der Waals surface area contributed by atoms with Crippen LogP contribution < -0.4 is 0 Å². The average molecular weight is 483 g/mol. The molecule has 37 heavy (non-hydrogen) atoms. The van der Waals surface area contributed by atoms with Gasteiger partial charge in [0, 0.05) is 16.7 Å². The minimum Gasteiger partial charge on any atom is -0.315 e. The van der Waals surface area contributed by atoms with Gasteiger partial charge in [0.25, 0.3) is 0 Å². The van der Waals surface area contributed by atoms with Crippen LogP contribution in [0.3, 0.4) is 0 Å². The van der Waals surface area contributed by atoms with Crippen molar-refractivity contribution in [3.63, 3.8) is 0 Å². The van der Waals surface area contributed by atoms with Gasteiger partial charge in [0.15, 0.2) is 0 Å². The first kappa shape index (κ1) is 24.7. The molecule has 1 heteroatoms. The zero-order chi connectivity index (χ0) is 25.3. The van der Waals surface area contributed by atoms with Crippen molar-refractivity contribution in [1.29, 1.82) is 0 Å². The third-order valence-electron chi connectivity index (χ3n) is 7.20. The van der Waals surface area contributed by atoms with Crippen LogP contribution in [-0.2, 0) is 32.5 Å². The Labute approximate surface area is 222 Å². The van der Waals surface area contributed by atoms with Gasteiger partial charge in [-0.15, -0.1) is 0 Å². The molecule has 0 bridgehead atoms. The Balaban J connectivity index is 1.53. The molecule has 5 rings (SSSR count). The Morgan fingerprint density at radius 2 is 0.784 bits per heavy atom. The lowest BCUT2D eigenvalue weighted by Crippen LogP contribution is -2.42. The van der Waals surface area contributed by atoms with E-state index in [0.29, 0.717) is 0 Å².